The fraction of sp³-hybridized carbons (Fsp3) is 0.556. The summed E-state index contributed by atoms with van der Waals surface area (Å²) >= 11 is 0. The van der Waals surface area contributed by atoms with Crippen LogP contribution in [0.2, 0.25) is 0 Å². The minimum Gasteiger partial charge on any atom is -0.376 e. The van der Waals surface area contributed by atoms with Gasteiger partial charge in [0, 0.05) is 46.6 Å². The van der Waals surface area contributed by atoms with Gasteiger partial charge in [0.2, 0.25) is 11.8 Å². The molecule has 0 aromatic heterocycles. The summed E-state index contributed by atoms with van der Waals surface area (Å²) in [7, 11) is 1.80. The van der Waals surface area contributed by atoms with E-state index in [0.29, 0.717) is 26.1 Å². The Morgan fingerprint density at radius 2 is 2.00 bits per heavy atom. The number of carbonyl (C=O) groups excluding carboxylic acids is 2. The summed E-state index contributed by atoms with van der Waals surface area (Å²) < 4.78 is 5.58. The third-order valence-corrected chi connectivity index (χ3v) is 4.18. The van der Waals surface area contributed by atoms with E-state index in [1.54, 1.807) is 23.8 Å². The summed E-state index contributed by atoms with van der Waals surface area (Å²) in [5.74, 6) is 0.0476. The zero-order chi connectivity index (χ0) is 16.7. The second kappa shape index (κ2) is 8.67. The first-order chi connectivity index (χ1) is 11.1. The lowest BCUT2D eigenvalue weighted by molar-refractivity contribution is -0.133. The van der Waals surface area contributed by atoms with Crippen molar-refractivity contribution in [3.05, 3.63) is 35.9 Å². The van der Waals surface area contributed by atoms with Gasteiger partial charge in [0.15, 0.2) is 0 Å². The third kappa shape index (κ3) is 5.67. The molecule has 1 atom stereocenters. The normalized spacial score (nSPS) is 17.0. The van der Waals surface area contributed by atoms with Gasteiger partial charge in [-0.2, -0.15) is 0 Å². The first-order valence-corrected chi connectivity index (χ1v) is 8.21. The lowest BCUT2D eigenvalue weighted by atomic mass is 10.2. The molecule has 23 heavy (non-hydrogen) atoms. The smallest absolute Gasteiger partial charge is 0.224 e. The molecule has 1 unspecified atom stereocenters. The number of carbonyl (C=O) groups is 2. The quantitative estimate of drug-likeness (QED) is 0.773. The molecule has 5 nitrogen and oxygen atoms in total. The van der Waals surface area contributed by atoms with Crippen LogP contribution in [0.5, 0.6) is 0 Å². The summed E-state index contributed by atoms with van der Waals surface area (Å²) in [5.41, 5.74) is 1.10. The molecule has 1 aliphatic rings. The van der Waals surface area contributed by atoms with Crippen LogP contribution in [0.25, 0.3) is 0 Å². The van der Waals surface area contributed by atoms with Crippen molar-refractivity contribution >= 4 is 11.8 Å². The van der Waals surface area contributed by atoms with Crippen LogP contribution in [-0.4, -0.2) is 54.5 Å². The fourth-order valence-corrected chi connectivity index (χ4v) is 2.78. The molecule has 1 aromatic rings. The van der Waals surface area contributed by atoms with E-state index in [9.17, 15) is 9.59 Å². The summed E-state index contributed by atoms with van der Waals surface area (Å²) in [5, 5.41) is 0. The van der Waals surface area contributed by atoms with Crippen molar-refractivity contribution in [2.24, 2.45) is 0 Å². The molecular weight excluding hydrogens is 292 g/mol. The van der Waals surface area contributed by atoms with E-state index in [-0.39, 0.29) is 17.9 Å². The van der Waals surface area contributed by atoms with E-state index in [2.05, 4.69) is 0 Å². The number of nitrogens with zero attached hydrogens (tertiary/aromatic N) is 2. The Balaban J connectivity index is 1.79. The molecule has 1 heterocycles. The molecule has 0 N–H and O–H groups in total. The predicted molar refractivity (Wildman–Crippen MR) is 88.8 cm³/mol. The number of benzene rings is 1. The average Bonchev–Trinajstić information content (AvgIpc) is 3.04. The Morgan fingerprint density at radius 3 is 2.61 bits per heavy atom. The SMILES string of the molecule is CC(=O)N(CCC(=O)N(C)Cc1ccccc1)CC1CCCO1. The van der Waals surface area contributed by atoms with Gasteiger partial charge in [0.25, 0.3) is 0 Å². The van der Waals surface area contributed by atoms with Crippen LogP contribution >= 0.6 is 0 Å². The number of amides is 2. The van der Waals surface area contributed by atoms with Gasteiger partial charge in [-0.25, -0.2) is 0 Å². The maximum Gasteiger partial charge on any atom is 0.224 e. The van der Waals surface area contributed by atoms with Crippen LogP contribution in [0, 0.1) is 0 Å². The maximum atomic E-state index is 12.3. The molecule has 0 spiro atoms. The van der Waals surface area contributed by atoms with Gasteiger partial charge in [-0.1, -0.05) is 30.3 Å². The van der Waals surface area contributed by atoms with Crippen molar-refractivity contribution in [3.8, 4) is 0 Å². The second-order valence-electron chi connectivity index (χ2n) is 6.09. The summed E-state index contributed by atoms with van der Waals surface area (Å²) in [6.07, 6.45) is 2.51. The molecule has 1 aromatic carbocycles. The standard InChI is InChI=1S/C18H26N2O3/c1-15(21)20(14-17-9-6-12-23-17)11-10-18(22)19(2)13-16-7-4-3-5-8-16/h3-5,7-8,17H,6,9-14H2,1-2H3. The van der Waals surface area contributed by atoms with Gasteiger partial charge < -0.3 is 14.5 Å². The van der Waals surface area contributed by atoms with Crippen molar-refractivity contribution in [3.63, 3.8) is 0 Å². The summed E-state index contributed by atoms with van der Waals surface area (Å²) in [6.45, 7) is 3.95. The minimum absolute atomic E-state index is 0.000914. The van der Waals surface area contributed by atoms with E-state index in [1.807, 2.05) is 30.3 Å². The zero-order valence-corrected chi connectivity index (χ0v) is 14.0. The number of ether oxygens (including phenoxy) is 1. The predicted octanol–water partition coefficient (Wildman–Crippen LogP) is 2.06. The molecule has 2 rings (SSSR count). The molecule has 0 saturated carbocycles. The molecule has 1 saturated heterocycles. The van der Waals surface area contributed by atoms with Crippen LogP contribution in [0.3, 0.4) is 0 Å². The van der Waals surface area contributed by atoms with Crippen LogP contribution in [0.15, 0.2) is 30.3 Å². The van der Waals surface area contributed by atoms with Crippen molar-refractivity contribution in [2.45, 2.75) is 38.8 Å². The van der Waals surface area contributed by atoms with E-state index >= 15 is 0 Å². The molecule has 1 fully saturated rings. The first-order valence-electron chi connectivity index (χ1n) is 8.21. The molecular formula is C18H26N2O3. The van der Waals surface area contributed by atoms with Gasteiger partial charge in [0.05, 0.1) is 6.10 Å². The highest BCUT2D eigenvalue weighted by molar-refractivity contribution is 5.78. The Hall–Kier alpha value is -1.88. The fourth-order valence-electron chi connectivity index (χ4n) is 2.78. The Kier molecular flexibility index (Phi) is 6.59. The molecule has 0 bridgehead atoms. The highest BCUT2D eigenvalue weighted by atomic mass is 16.5. The molecule has 2 amide bonds. The summed E-state index contributed by atoms with van der Waals surface area (Å²) in [4.78, 5) is 27.5. The van der Waals surface area contributed by atoms with Gasteiger partial charge in [-0.3, -0.25) is 9.59 Å². The van der Waals surface area contributed by atoms with Crippen LogP contribution in [-0.2, 0) is 20.9 Å². The molecule has 1 aliphatic heterocycles. The van der Waals surface area contributed by atoms with Gasteiger partial charge in [-0.05, 0) is 18.4 Å². The Labute approximate surface area is 138 Å². The van der Waals surface area contributed by atoms with E-state index in [4.69, 9.17) is 4.74 Å². The Bertz CT molecular complexity index is 512. The lowest BCUT2D eigenvalue weighted by Crippen LogP contribution is -2.38. The Morgan fingerprint density at radius 1 is 1.26 bits per heavy atom. The molecule has 0 aliphatic carbocycles. The van der Waals surface area contributed by atoms with Crippen molar-refractivity contribution in [1.29, 1.82) is 0 Å². The molecule has 126 valence electrons. The number of hydrogen-bond donors (Lipinski definition) is 0. The van der Waals surface area contributed by atoms with E-state index in [0.717, 1.165) is 25.0 Å². The zero-order valence-electron chi connectivity index (χ0n) is 14.0. The van der Waals surface area contributed by atoms with E-state index < -0.39 is 0 Å². The first kappa shape index (κ1) is 17.5. The van der Waals surface area contributed by atoms with Crippen molar-refractivity contribution in [2.75, 3.05) is 26.7 Å². The van der Waals surface area contributed by atoms with Crippen LogP contribution in [0.1, 0.15) is 31.7 Å². The van der Waals surface area contributed by atoms with Gasteiger partial charge in [-0.15, -0.1) is 0 Å². The average molecular weight is 318 g/mol. The van der Waals surface area contributed by atoms with Gasteiger partial charge in [0.1, 0.15) is 0 Å². The van der Waals surface area contributed by atoms with Crippen LogP contribution in [0.4, 0.5) is 0 Å². The highest BCUT2D eigenvalue weighted by Crippen LogP contribution is 2.14. The maximum absolute atomic E-state index is 12.3. The van der Waals surface area contributed by atoms with Gasteiger partial charge >= 0.3 is 0 Å². The monoisotopic (exact) mass is 318 g/mol. The number of rotatable bonds is 7. The largest absolute Gasteiger partial charge is 0.376 e. The molecule has 5 heteroatoms. The number of hydrogen-bond acceptors (Lipinski definition) is 3. The summed E-state index contributed by atoms with van der Waals surface area (Å²) in [6, 6.07) is 9.90. The van der Waals surface area contributed by atoms with Crippen molar-refractivity contribution < 1.29 is 14.3 Å². The highest BCUT2D eigenvalue weighted by Gasteiger charge is 2.21. The van der Waals surface area contributed by atoms with Crippen molar-refractivity contribution in [1.82, 2.24) is 9.80 Å². The second-order valence-corrected chi connectivity index (χ2v) is 6.09. The van der Waals surface area contributed by atoms with Crippen LogP contribution < -0.4 is 0 Å². The third-order valence-electron chi connectivity index (χ3n) is 4.18. The lowest BCUT2D eigenvalue weighted by Gasteiger charge is -2.25. The topological polar surface area (TPSA) is 49.9 Å². The molecule has 0 radical (unpaired) electrons. The minimum atomic E-state index is -0.000914. The van der Waals surface area contributed by atoms with E-state index in [1.165, 1.54) is 0 Å².